The normalized spacial score (nSPS) is 10.7. The molecule has 0 heterocycles. The number of benzene rings is 1. The third kappa shape index (κ3) is 5.77. The summed E-state index contributed by atoms with van der Waals surface area (Å²) in [6.07, 6.45) is 0. The highest BCUT2D eigenvalue weighted by atomic mass is 35.5. The lowest BCUT2D eigenvalue weighted by molar-refractivity contribution is -0.131. The summed E-state index contributed by atoms with van der Waals surface area (Å²) in [6.45, 7) is 0.555. The van der Waals surface area contributed by atoms with Crippen LogP contribution in [0.1, 0.15) is 5.56 Å². The van der Waals surface area contributed by atoms with Crippen LogP contribution in [0, 0.1) is 0 Å². The molecule has 0 bridgehead atoms. The Morgan fingerprint density at radius 2 is 1.65 bits per heavy atom. The zero-order valence-corrected chi connectivity index (χ0v) is 12.9. The summed E-state index contributed by atoms with van der Waals surface area (Å²) in [4.78, 5) is 25.8. The average Bonchev–Trinajstić information content (AvgIpc) is 2.25. The van der Waals surface area contributed by atoms with Crippen LogP contribution in [0.25, 0.3) is 0 Å². The molecule has 0 aliphatic rings. The molecule has 0 aliphatic carbocycles. The molecule has 0 unspecified atom stereocenters. The Morgan fingerprint density at radius 3 is 2.15 bits per heavy atom. The number of carbonyl (C=O) groups is 2. The molecule has 20 heavy (non-hydrogen) atoms. The minimum atomic E-state index is -0.468. The van der Waals surface area contributed by atoms with Gasteiger partial charge in [0.1, 0.15) is 0 Å². The predicted octanol–water partition coefficient (Wildman–Crippen LogP) is 1.37. The van der Waals surface area contributed by atoms with E-state index in [1.807, 2.05) is 0 Å². The number of hydrogen-bond acceptors (Lipinski definition) is 3. The largest absolute Gasteiger partial charge is 0.369 e. The van der Waals surface area contributed by atoms with Crippen LogP contribution in [0.4, 0.5) is 0 Å². The lowest BCUT2D eigenvalue weighted by Crippen LogP contribution is -2.39. The number of rotatable bonds is 6. The van der Waals surface area contributed by atoms with Crippen LogP contribution < -0.4 is 5.73 Å². The van der Waals surface area contributed by atoms with Gasteiger partial charge in [-0.15, -0.1) is 0 Å². The zero-order valence-electron chi connectivity index (χ0n) is 11.4. The Kier molecular flexibility index (Phi) is 6.26. The third-order valence-corrected chi connectivity index (χ3v) is 3.04. The SMILES string of the molecule is CN(CC(N)=O)CC(=O)N(C)Cc1cc(Cl)cc(Cl)c1. The Morgan fingerprint density at radius 1 is 1.10 bits per heavy atom. The quantitative estimate of drug-likeness (QED) is 0.861. The molecule has 0 saturated heterocycles. The van der Waals surface area contributed by atoms with Gasteiger partial charge in [0.05, 0.1) is 13.1 Å². The van der Waals surface area contributed by atoms with E-state index in [0.717, 1.165) is 5.56 Å². The van der Waals surface area contributed by atoms with Crippen LogP contribution in [0.5, 0.6) is 0 Å². The predicted molar refractivity (Wildman–Crippen MR) is 79.6 cm³/mol. The molecule has 2 N–H and O–H groups in total. The van der Waals surface area contributed by atoms with Gasteiger partial charge in [0.25, 0.3) is 0 Å². The van der Waals surface area contributed by atoms with Gasteiger partial charge in [0.2, 0.25) is 11.8 Å². The van der Waals surface area contributed by atoms with Gasteiger partial charge in [0, 0.05) is 23.6 Å². The highest BCUT2D eigenvalue weighted by molar-refractivity contribution is 6.34. The molecule has 7 heteroatoms. The van der Waals surface area contributed by atoms with Crippen molar-refractivity contribution in [2.24, 2.45) is 5.73 Å². The van der Waals surface area contributed by atoms with Gasteiger partial charge in [-0.3, -0.25) is 14.5 Å². The summed E-state index contributed by atoms with van der Waals surface area (Å²) >= 11 is 11.8. The van der Waals surface area contributed by atoms with Crippen molar-refractivity contribution in [3.63, 3.8) is 0 Å². The fraction of sp³-hybridized carbons (Fsp3) is 0.385. The summed E-state index contributed by atoms with van der Waals surface area (Å²) in [5.41, 5.74) is 5.91. The molecular formula is C13H17Cl2N3O2. The summed E-state index contributed by atoms with van der Waals surface area (Å²) in [6, 6.07) is 5.14. The Hall–Kier alpha value is -1.30. The third-order valence-electron chi connectivity index (χ3n) is 2.60. The van der Waals surface area contributed by atoms with E-state index in [2.05, 4.69) is 0 Å². The molecule has 0 fully saturated rings. The van der Waals surface area contributed by atoms with Crippen LogP contribution in [0.3, 0.4) is 0 Å². The molecule has 0 spiro atoms. The first kappa shape index (κ1) is 16.8. The standard InChI is InChI=1S/C13H17Cl2N3O2/c1-17(7-12(16)19)8-13(20)18(2)6-9-3-10(14)5-11(15)4-9/h3-5H,6-8H2,1-2H3,(H2,16,19). The number of amides is 2. The molecule has 0 aliphatic heterocycles. The van der Waals surface area contributed by atoms with Crippen molar-refractivity contribution in [2.75, 3.05) is 27.2 Å². The van der Waals surface area contributed by atoms with Crippen LogP contribution in [-0.4, -0.2) is 48.8 Å². The second-order valence-electron chi connectivity index (χ2n) is 4.67. The van der Waals surface area contributed by atoms with Gasteiger partial charge in [-0.05, 0) is 30.8 Å². The van der Waals surface area contributed by atoms with Crippen molar-refractivity contribution in [3.8, 4) is 0 Å². The van der Waals surface area contributed by atoms with E-state index in [4.69, 9.17) is 28.9 Å². The summed E-state index contributed by atoms with van der Waals surface area (Å²) in [7, 11) is 3.34. The van der Waals surface area contributed by atoms with Crippen LogP contribution in [-0.2, 0) is 16.1 Å². The summed E-state index contributed by atoms with van der Waals surface area (Å²) < 4.78 is 0. The first-order valence-electron chi connectivity index (χ1n) is 5.93. The van der Waals surface area contributed by atoms with Gasteiger partial charge in [-0.1, -0.05) is 23.2 Å². The molecule has 0 aromatic heterocycles. The van der Waals surface area contributed by atoms with Crippen LogP contribution in [0.15, 0.2) is 18.2 Å². The van der Waals surface area contributed by atoms with Crippen molar-refractivity contribution in [2.45, 2.75) is 6.54 Å². The topological polar surface area (TPSA) is 66.6 Å². The first-order chi connectivity index (χ1) is 9.27. The molecular weight excluding hydrogens is 301 g/mol. The highest BCUT2D eigenvalue weighted by Gasteiger charge is 2.13. The lowest BCUT2D eigenvalue weighted by atomic mass is 10.2. The Bertz CT molecular complexity index is 488. The first-order valence-corrected chi connectivity index (χ1v) is 6.69. The zero-order chi connectivity index (χ0) is 15.3. The number of primary amides is 1. The maximum Gasteiger partial charge on any atom is 0.236 e. The Balaban J connectivity index is 2.59. The molecule has 1 rings (SSSR count). The molecule has 0 atom stereocenters. The second-order valence-corrected chi connectivity index (χ2v) is 5.54. The van der Waals surface area contributed by atoms with Crippen molar-refractivity contribution in [3.05, 3.63) is 33.8 Å². The van der Waals surface area contributed by atoms with Gasteiger partial charge in [0.15, 0.2) is 0 Å². The van der Waals surface area contributed by atoms with Crippen molar-refractivity contribution in [1.82, 2.24) is 9.80 Å². The monoisotopic (exact) mass is 317 g/mol. The highest BCUT2D eigenvalue weighted by Crippen LogP contribution is 2.19. The lowest BCUT2D eigenvalue weighted by Gasteiger charge is -2.21. The van der Waals surface area contributed by atoms with E-state index in [9.17, 15) is 9.59 Å². The molecule has 2 amide bonds. The van der Waals surface area contributed by atoms with Crippen LogP contribution in [0.2, 0.25) is 10.0 Å². The second kappa shape index (κ2) is 7.47. The number of nitrogens with zero attached hydrogens (tertiary/aromatic N) is 2. The van der Waals surface area contributed by atoms with Gasteiger partial charge in [-0.2, -0.15) is 0 Å². The number of nitrogens with two attached hydrogens (primary N) is 1. The maximum atomic E-state index is 12.0. The van der Waals surface area contributed by atoms with Gasteiger partial charge in [-0.25, -0.2) is 0 Å². The molecule has 0 radical (unpaired) electrons. The summed E-state index contributed by atoms with van der Waals surface area (Å²) in [5.74, 6) is -0.588. The fourth-order valence-electron chi connectivity index (χ4n) is 1.74. The maximum absolute atomic E-state index is 12.0. The fourth-order valence-corrected chi connectivity index (χ4v) is 2.31. The minimum absolute atomic E-state index is 0.0442. The van der Waals surface area contributed by atoms with E-state index in [1.165, 1.54) is 0 Å². The van der Waals surface area contributed by atoms with E-state index < -0.39 is 5.91 Å². The number of hydrogen-bond donors (Lipinski definition) is 1. The van der Waals surface area contributed by atoms with Gasteiger partial charge < -0.3 is 10.6 Å². The number of halogens is 2. The van der Waals surface area contributed by atoms with Crippen LogP contribution >= 0.6 is 23.2 Å². The van der Waals surface area contributed by atoms with Crippen molar-refractivity contribution < 1.29 is 9.59 Å². The van der Waals surface area contributed by atoms with Gasteiger partial charge >= 0.3 is 0 Å². The average molecular weight is 318 g/mol. The number of likely N-dealkylation sites (N-methyl/N-ethyl adjacent to an activating group) is 2. The van der Waals surface area contributed by atoms with E-state index in [-0.39, 0.29) is 19.0 Å². The molecule has 1 aromatic carbocycles. The molecule has 5 nitrogen and oxygen atoms in total. The number of carbonyl (C=O) groups excluding carboxylic acids is 2. The van der Waals surface area contributed by atoms with E-state index >= 15 is 0 Å². The van der Waals surface area contributed by atoms with E-state index in [1.54, 1.807) is 42.1 Å². The molecule has 1 aromatic rings. The Labute approximate surface area is 128 Å². The van der Waals surface area contributed by atoms with Crippen molar-refractivity contribution in [1.29, 1.82) is 0 Å². The molecule has 110 valence electrons. The molecule has 0 saturated carbocycles. The van der Waals surface area contributed by atoms with Crippen molar-refractivity contribution >= 4 is 35.0 Å². The summed E-state index contributed by atoms with van der Waals surface area (Å²) in [5, 5.41) is 1.05. The van der Waals surface area contributed by atoms with E-state index in [0.29, 0.717) is 16.6 Å². The minimum Gasteiger partial charge on any atom is -0.369 e. The smallest absolute Gasteiger partial charge is 0.236 e.